The van der Waals surface area contributed by atoms with E-state index < -0.39 is 10.0 Å². The molecule has 2 aromatic rings. The number of benzene rings is 2. The van der Waals surface area contributed by atoms with E-state index in [0.717, 1.165) is 36.3 Å². The van der Waals surface area contributed by atoms with Crippen molar-refractivity contribution in [1.82, 2.24) is 4.31 Å². The fraction of sp³-hybridized carbons (Fsp3) is 0.478. The van der Waals surface area contributed by atoms with Crippen molar-refractivity contribution in [3.8, 4) is 0 Å². The lowest BCUT2D eigenvalue weighted by molar-refractivity contribution is 0.445. The Bertz CT molecular complexity index is 959. The zero-order valence-corrected chi connectivity index (χ0v) is 19.9. The summed E-state index contributed by atoms with van der Waals surface area (Å²) >= 11 is 6.06. The number of hydrogen-bond acceptors (Lipinski definition) is 4. The highest BCUT2D eigenvalue weighted by Gasteiger charge is 2.35. The van der Waals surface area contributed by atoms with Crippen LogP contribution in [-0.2, 0) is 16.6 Å². The molecule has 30 heavy (non-hydrogen) atoms. The van der Waals surface area contributed by atoms with Gasteiger partial charge in [-0.2, -0.15) is 4.31 Å². The van der Waals surface area contributed by atoms with E-state index in [2.05, 4.69) is 23.6 Å². The molecule has 5 nitrogen and oxygen atoms in total. The van der Waals surface area contributed by atoms with Gasteiger partial charge in [-0.1, -0.05) is 51.4 Å². The lowest BCUT2D eigenvalue weighted by Crippen LogP contribution is -2.42. The number of fused-ring (bicyclic) bond motifs is 1. The van der Waals surface area contributed by atoms with Gasteiger partial charge in [0.15, 0.2) is 0 Å². The first-order valence-electron chi connectivity index (χ1n) is 10.8. The Balaban J connectivity index is 2.07. The van der Waals surface area contributed by atoms with Crippen LogP contribution in [0.1, 0.15) is 46.1 Å². The molecule has 0 saturated carbocycles. The van der Waals surface area contributed by atoms with Gasteiger partial charge >= 0.3 is 0 Å². The minimum absolute atomic E-state index is 0.196. The van der Waals surface area contributed by atoms with E-state index in [1.165, 1.54) is 4.31 Å². The van der Waals surface area contributed by atoms with Crippen LogP contribution in [0.2, 0.25) is 5.02 Å². The third-order valence-electron chi connectivity index (χ3n) is 5.72. The Kier molecular flexibility index (Phi) is 7.32. The minimum Gasteiger partial charge on any atom is -0.350 e. The summed E-state index contributed by atoms with van der Waals surface area (Å²) in [6, 6.07) is 13.5. The Morgan fingerprint density at radius 3 is 2.17 bits per heavy atom. The number of rotatable bonds is 9. The molecule has 1 aliphatic rings. The number of halogens is 1. The largest absolute Gasteiger partial charge is 0.350 e. The maximum atomic E-state index is 13.1. The molecule has 1 aliphatic heterocycles. The van der Waals surface area contributed by atoms with E-state index in [1.54, 1.807) is 6.07 Å². The van der Waals surface area contributed by atoms with Crippen LogP contribution in [-0.4, -0.2) is 38.5 Å². The highest BCUT2D eigenvalue weighted by molar-refractivity contribution is 7.89. The topological polar surface area (TPSA) is 43.9 Å². The summed E-state index contributed by atoms with van der Waals surface area (Å²) in [6.07, 6.45) is 2.17. The second-order valence-electron chi connectivity index (χ2n) is 7.58. The van der Waals surface area contributed by atoms with Gasteiger partial charge in [-0.25, -0.2) is 8.42 Å². The van der Waals surface area contributed by atoms with Gasteiger partial charge in [0.1, 0.15) is 6.17 Å². The van der Waals surface area contributed by atoms with Gasteiger partial charge in [0.2, 0.25) is 10.0 Å². The molecule has 0 spiro atoms. The van der Waals surface area contributed by atoms with Crippen LogP contribution >= 0.6 is 11.6 Å². The van der Waals surface area contributed by atoms with Crippen molar-refractivity contribution >= 4 is 33.0 Å². The molecule has 0 bridgehead atoms. The summed E-state index contributed by atoms with van der Waals surface area (Å²) in [5, 5.41) is 0.716. The molecular weight excluding hydrogens is 418 g/mol. The number of anilines is 2. The number of nitrogens with zero attached hydrogens (tertiary/aromatic N) is 3. The molecule has 7 heteroatoms. The fourth-order valence-electron chi connectivity index (χ4n) is 4.27. The standard InChI is InChI=1S/C23H32ClN3O2S/c1-5-15-26-21-14-13-20(30(28,29)25(7-3)8-4)16-22(21)27(23(26)6-2)17-18-9-11-19(24)12-10-18/h9-14,16,23H,5-8,15,17H2,1-4H3/t23-/m0/s1. The van der Waals surface area contributed by atoms with Crippen molar-refractivity contribution in [2.45, 2.75) is 58.1 Å². The van der Waals surface area contributed by atoms with Gasteiger partial charge in [-0.3, -0.25) is 0 Å². The summed E-state index contributed by atoms with van der Waals surface area (Å²) in [7, 11) is -3.51. The molecular formula is C23H32ClN3O2S. The molecule has 0 N–H and O–H groups in total. The number of sulfonamides is 1. The van der Waals surface area contributed by atoms with Crippen LogP contribution in [0.3, 0.4) is 0 Å². The van der Waals surface area contributed by atoms with Crippen molar-refractivity contribution in [3.63, 3.8) is 0 Å². The first-order valence-corrected chi connectivity index (χ1v) is 12.6. The SMILES string of the molecule is CCCN1c2ccc(S(=O)(=O)N(CC)CC)cc2N(Cc2ccc(Cl)cc2)[C@H]1CC. The molecule has 0 radical (unpaired) electrons. The van der Waals surface area contributed by atoms with E-state index in [0.29, 0.717) is 29.6 Å². The monoisotopic (exact) mass is 449 g/mol. The molecule has 0 aliphatic carbocycles. The quantitative estimate of drug-likeness (QED) is 0.518. The van der Waals surface area contributed by atoms with Crippen molar-refractivity contribution < 1.29 is 8.42 Å². The Morgan fingerprint density at radius 1 is 0.933 bits per heavy atom. The van der Waals surface area contributed by atoms with E-state index in [-0.39, 0.29) is 6.17 Å². The molecule has 1 heterocycles. The molecule has 1 atom stereocenters. The second kappa shape index (κ2) is 9.58. The van der Waals surface area contributed by atoms with Crippen LogP contribution < -0.4 is 9.80 Å². The van der Waals surface area contributed by atoms with Crippen LogP contribution in [0, 0.1) is 0 Å². The lowest BCUT2D eigenvalue weighted by atomic mass is 10.2. The maximum Gasteiger partial charge on any atom is 0.243 e. The first kappa shape index (κ1) is 22.9. The molecule has 2 aromatic carbocycles. The normalized spacial score (nSPS) is 16.4. The van der Waals surface area contributed by atoms with Crippen LogP contribution in [0.5, 0.6) is 0 Å². The number of hydrogen-bond donors (Lipinski definition) is 0. The van der Waals surface area contributed by atoms with Gasteiger partial charge in [0.25, 0.3) is 0 Å². The highest BCUT2D eigenvalue weighted by atomic mass is 35.5. The average Bonchev–Trinajstić information content (AvgIpc) is 3.02. The zero-order valence-electron chi connectivity index (χ0n) is 18.3. The molecule has 0 amide bonds. The molecule has 3 rings (SSSR count). The zero-order chi connectivity index (χ0) is 21.9. The molecule has 0 unspecified atom stereocenters. The molecule has 0 fully saturated rings. The van der Waals surface area contributed by atoms with E-state index >= 15 is 0 Å². The maximum absolute atomic E-state index is 13.1. The highest BCUT2D eigenvalue weighted by Crippen LogP contribution is 2.43. The van der Waals surface area contributed by atoms with Crippen molar-refractivity contribution in [2.24, 2.45) is 0 Å². The van der Waals surface area contributed by atoms with Gasteiger partial charge in [-0.15, -0.1) is 0 Å². The summed E-state index contributed by atoms with van der Waals surface area (Å²) in [5.41, 5.74) is 3.24. The predicted octanol–water partition coefficient (Wildman–Crippen LogP) is 5.34. The molecule has 164 valence electrons. The summed E-state index contributed by atoms with van der Waals surface area (Å²) in [6.45, 7) is 10.7. The summed E-state index contributed by atoms with van der Waals surface area (Å²) < 4.78 is 27.8. The van der Waals surface area contributed by atoms with E-state index in [9.17, 15) is 8.42 Å². The average molecular weight is 450 g/mol. The Labute approximate surface area is 186 Å². The minimum atomic E-state index is -3.51. The predicted molar refractivity (Wildman–Crippen MR) is 126 cm³/mol. The summed E-state index contributed by atoms with van der Waals surface area (Å²) in [4.78, 5) is 5.09. The molecule has 0 aromatic heterocycles. The second-order valence-corrected chi connectivity index (χ2v) is 9.95. The third kappa shape index (κ3) is 4.32. The lowest BCUT2D eigenvalue weighted by Gasteiger charge is -2.32. The van der Waals surface area contributed by atoms with E-state index in [1.807, 2.05) is 50.2 Å². The van der Waals surface area contributed by atoms with Gasteiger partial charge in [-0.05, 0) is 48.7 Å². The van der Waals surface area contributed by atoms with E-state index in [4.69, 9.17) is 11.6 Å². The summed E-state index contributed by atoms with van der Waals surface area (Å²) in [5.74, 6) is 0. The smallest absolute Gasteiger partial charge is 0.243 e. The Morgan fingerprint density at radius 2 is 1.60 bits per heavy atom. The van der Waals surface area contributed by atoms with Gasteiger partial charge in [0.05, 0.1) is 16.3 Å². The third-order valence-corrected chi connectivity index (χ3v) is 8.02. The van der Waals surface area contributed by atoms with Crippen molar-refractivity contribution in [1.29, 1.82) is 0 Å². The Hall–Kier alpha value is -1.76. The fourth-order valence-corrected chi connectivity index (χ4v) is 5.87. The van der Waals surface area contributed by atoms with Gasteiger partial charge in [0, 0.05) is 31.2 Å². The van der Waals surface area contributed by atoms with Crippen LogP contribution in [0.4, 0.5) is 11.4 Å². The van der Waals surface area contributed by atoms with Crippen LogP contribution in [0.15, 0.2) is 47.4 Å². The van der Waals surface area contributed by atoms with Gasteiger partial charge < -0.3 is 9.80 Å². The molecule has 0 saturated heterocycles. The van der Waals surface area contributed by atoms with Crippen molar-refractivity contribution in [3.05, 3.63) is 53.1 Å². The first-order chi connectivity index (χ1) is 14.4. The van der Waals surface area contributed by atoms with Crippen LogP contribution in [0.25, 0.3) is 0 Å². The van der Waals surface area contributed by atoms with Crippen molar-refractivity contribution in [2.75, 3.05) is 29.4 Å².